The van der Waals surface area contributed by atoms with Gasteiger partial charge in [0, 0.05) is 0 Å². The highest BCUT2D eigenvalue weighted by atomic mass is 18.0. The third kappa shape index (κ3) is 11.5. The maximum atomic E-state index is 4.30. The molecule has 0 rings (SSSR count). The summed E-state index contributed by atoms with van der Waals surface area (Å²) in [5.74, 6) is 4.30. The molecule has 13 heteroatoms. The Hall–Kier alpha value is -0.520. The Morgan fingerprint density at radius 1 is 0.571 bits per heavy atom. The van der Waals surface area contributed by atoms with Crippen LogP contribution in [0.5, 0.6) is 0 Å². The highest BCUT2D eigenvalue weighted by molar-refractivity contribution is 3.35. The fourth-order valence-electron chi connectivity index (χ4n) is 0.135. The summed E-state index contributed by atoms with van der Waals surface area (Å²) in [5.41, 5.74) is 0. The molecule has 0 aliphatic carbocycles. The van der Waals surface area contributed by atoms with E-state index in [4.69, 9.17) is 0 Å². The molecule has 0 amide bonds. The summed E-state index contributed by atoms with van der Waals surface area (Å²) in [6, 6.07) is 0. The topological polar surface area (TPSA) is 137 Å². The molecule has 0 aromatic carbocycles. The number of hydrogen-bond donors (Lipinski definition) is 1. The quantitative estimate of drug-likeness (QED) is 0.254. The van der Waals surface area contributed by atoms with Gasteiger partial charge >= 0.3 is 0 Å². The molecular weight excluding hydrogens is 218 g/mol. The van der Waals surface area contributed by atoms with Crippen LogP contribution in [-0.4, -0.2) is 7.11 Å². The molecule has 0 spiro atoms. The molecule has 0 aliphatic heterocycles. The summed E-state index contributed by atoms with van der Waals surface area (Å²) in [7, 11) is 1.13. The Morgan fingerprint density at radius 2 is 0.929 bits per heavy atom. The normalized spacial score (nSPS) is 10.7. The van der Waals surface area contributed by atoms with Crippen LogP contribution >= 0.6 is 0 Å². The van der Waals surface area contributed by atoms with Gasteiger partial charge in [0.25, 0.3) is 0 Å². The molecular formula is CH5NO12. The van der Waals surface area contributed by atoms with E-state index >= 15 is 0 Å². The summed E-state index contributed by atoms with van der Waals surface area (Å²) >= 11 is 0. The van der Waals surface area contributed by atoms with Gasteiger partial charge in [0.15, 0.2) is 0 Å². The highest BCUT2D eigenvalue weighted by Crippen LogP contribution is 1.89. The minimum Gasteiger partial charge on any atom is -0.207 e. The van der Waals surface area contributed by atoms with Crippen molar-refractivity contribution in [2.45, 2.75) is 0 Å². The summed E-state index contributed by atoms with van der Waals surface area (Å²) in [6.07, 6.45) is 0. The van der Waals surface area contributed by atoms with Gasteiger partial charge in [-0.05, 0) is 50.4 Å². The average Bonchev–Trinajstić information content (AvgIpc) is 2.21. The van der Waals surface area contributed by atoms with Crippen molar-refractivity contribution in [3.05, 3.63) is 0 Å². The molecule has 2 N–H and O–H groups in total. The lowest BCUT2D eigenvalue weighted by Crippen LogP contribution is -2.05. The first-order chi connectivity index (χ1) is 6.91. The molecule has 0 aromatic heterocycles. The monoisotopic (exact) mass is 223 g/mol. The molecule has 86 valence electrons. The van der Waals surface area contributed by atoms with E-state index in [-0.39, 0.29) is 0 Å². The summed E-state index contributed by atoms with van der Waals surface area (Å²) in [5, 5.41) is 35.3. The second kappa shape index (κ2) is 12.5. The van der Waals surface area contributed by atoms with Crippen molar-refractivity contribution in [3.8, 4) is 0 Å². The van der Waals surface area contributed by atoms with E-state index < -0.39 is 0 Å². The fourth-order valence-corrected chi connectivity index (χ4v) is 0.135. The van der Waals surface area contributed by atoms with Gasteiger partial charge in [-0.25, -0.2) is 4.89 Å². The van der Waals surface area contributed by atoms with Crippen LogP contribution in [0.3, 0.4) is 0 Å². The van der Waals surface area contributed by atoms with Gasteiger partial charge in [-0.1, -0.05) is 0 Å². The zero-order chi connectivity index (χ0) is 10.5. The molecule has 0 heterocycles. The van der Waals surface area contributed by atoms with Crippen LogP contribution in [0.1, 0.15) is 0 Å². The average molecular weight is 223 g/mol. The Morgan fingerprint density at radius 3 is 1.29 bits per heavy atom. The van der Waals surface area contributed by atoms with E-state index in [1.807, 2.05) is 0 Å². The molecule has 0 aliphatic rings. The molecule has 0 bridgehead atoms. The lowest BCUT2D eigenvalue weighted by molar-refractivity contribution is -0.863. The van der Waals surface area contributed by atoms with Crippen molar-refractivity contribution in [1.82, 2.24) is 0 Å². The molecule has 0 aromatic rings. The third-order valence-corrected chi connectivity index (χ3v) is 0.357. The van der Waals surface area contributed by atoms with Crippen LogP contribution in [0.25, 0.3) is 0 Å². The van der Waals surface area contributed by atoms with Gasteiger partial charge in [-0.2, -0.15) is 5.90 Å². The molecule has 0 atom stereocenters. The maximum absolute atomic E-state index is 4.30. The minimum absolute atomic E-state index is 1.13. The predicted molar refractivity (Wildman–Crippen MR) is 23.1 cm³/mol. The van der Waals surface area contributed by atoms with Gasteiger partial charge < -0.3 is 0 Å². The zero-order valence-corrected chi connectivity index (χ0v) is 6.48. The molecule has 0 fully saturated rings. The van der Waals surface area contributed by atoms with Crippen LogP contribution in [0.15, 0.2) is 0 Å². The Bertz CT molecular complexity index is 84.3. The van der Waals surface area contributed by atoms with Crippen LogP contribution in [0.2, 0.25) is 0 Å². The second-order valence-corrected chi connectivity index (χ2v) is 0.943. The van der Waals surface area contributed by atoms with E-state index in [9.17, 15) is 0 Å². The number of hydrogen-bond acceptors (Lipinski definition) is 13. The first-order valence-electron chi connectivity index (χ1n) is 2.48. The van der Waals surface area contributed by atoms with Crippen LogP contribution in [0, 0.1) is 0 Å². The standard InChI is InChI=1S/CH5NO12/c1-3-5-7-9-11-13-14-12-10-8-6-4-2/h2H2,1H3. The second-order valence-electron chi connectivity index (χ2n) is 0.943. The third-order valence-electron chi connectivity index (χ3n) is 0.357. The molecule has 0 unspecified atom stereocenters. The summed E-state index contributed by atoms with van der Waals surface area (Å²) < 4.78 is 0. The first-order valence-corrected chi connectivity index (χ1v) is 2.48. The van der Waals surface area contributed by atoms with Crippen molar-refractivity contribution in [3.63, 3.8) is 0 Å². The molecule has 0 radical (unpaired) electrons. The van der Waals surface area contributed by atoms with Gasteiger partial charge in [0.2, 0.25) is 0 Å². The van der Waals surface area contributed by atoms with Gasteiger partial charge in [0.05, 0.1) is 7.11 Å². The van der Waals surface area contributed by atoms with E-state index in [2.05, 4.69) is 66.2 Å². The van der Waals surface area contributed by atoms with Crippen molar-refractivity contribution < 1.29 is 60.3 Å². The lowest BCUT2D eigenvalue weighted by Gasteiger charge is -1.97. The highest BCUT2D eigenvalue weighted by Gasteiger charge is 1.96. The predicted octanol–water partition coefficient (Wildman–Crippen LogP) is -1.25. The van der Waals surface area contributed by atoms with Crippen molar-refractivity contribution in [1.29, 1.82) is 0 Å². The van der Waals surface area contributed by atoms with Gasteiger partial charge in [0.1, 0.15) is 0 Å². The van der Waals surface area contributed by atoms with Crippen LogP contribution < -0.4 is 5.90 Å². The van der Waals surface area contributed by atoms with Gasteiger partial charge in [-0.3, -0.25) is 0 Å². The minimum atomic E-state index is 1.13. The Balaban J connectivity index is 2.78. The van der Waals surface area contributed by atoms with Crippen molar-refractivity contribution in [2.24, 2.45) is 5.90 Å². The molecule has 0 saturated carbocycles. The molecule has 14 heavy (non-hydrogen) atoms. The summed E-state index contributed by atoms with van der Waals surface area (Å²) in [6.45, 7) is 0. The molecule has 0 saturated heterocycles. The smallest absolute Gasteiger partial charge is 0.0745 e. The van der Waals surface area contributed by atoms with E-state index in [0.29, 0.717) is 0 Å². The van der Waals surface area contributed by atoms with E-state index in [1.54, 1.807) is 0 Å². The van der Waals surface area contributed by atoms with Crippen LogP contribution in [-0.2, 0) is 60.3 Å². The summed E-state index contributed by atoms with van der Waals surface area (Å²) in [4.78, 5) is 7.26. The van der Waals surface area contributed by atoms with Crippen molar-refractivity contribution in [2.75, 3.05) is 7.11 Å². The van der Waals surface area contributed by atoms with Crippen molar-refractivity contribution >= 4 is 0 Å². The largest absolute Gasteiger partial charge is 0.207 e. The van der Waals surface area contributed by atoms with E-state index in [1.165, 1.54) is 0 Å². The Labute approximate surface area is 74.6 Å². The molecule has 13 nitrogen and oxygen atoms in total. The van der Waals surface area contributed by atoms with E-state index in [0.717, 1.165) is 7.11 Å². The fraction of sp³-hybridized carbons (Fsp3) is 1.00. The lowest BCUT2D eigenvalue weighted by atomic mass is 11.8. The Kier molecular flexibility index (Phi) is 12.0. The maximum Gasteiger partial charge on any atom is 0.0745 e. The first kappa shape index (κ1) is 13.5. The van der Waals surface area contributed by atoms with Crippen LogP contribution in [0.4, 0.5) is 0 Å². The zero-order valence-electron chi connectivity index (χ0n) is 6.48. The number of rotatable bonds is 11. The number of nitrogens with two attached hydrogens (primary N) is 1. The van der Waals surface area contributed by atoms with Gasteiger partial charge in [-0.15, -0.1) is 4.99 Å². The SMILES string of the molecule is COOOOOOOOOOOON.